The Kier molecular flexibility index (Phi) is 12.2. The average molecular weight is 175 g/mol. The predicted molar refractivity (Wildman–Crippen MR) is 51.1 cm³/mol. The van der Waals surface area contributed by atoms with E-state index in [0.29, 0.717) is 13.0 Å². The van der Waals surface area contributed by atoms with E-state index in [-0.39, 0.29) is 12.0 Å². The molecule has 74 valence electrons. The van der Waals surface area contributed by atoms with Gasteiger partial charge in [0.2, 0.25) is 5.91 Å². The lowest BCUT2D eigenvalue weighted by molar-refractivity contribution is -0.121. The summed E-state index contributed by atoms with van der Waals surface area (Å²) in [6.07, 6.45) is 0.645. The van der Waals surface area contributed by atoms with Gasteiger partial charge in [0.25, 0.3) is 0 Å². The molecular formula is C9H21NO2. The van der Waals surface area contributed by atoms with Crippen molar-refractivity contribution < 1.29 is 9.53 Å². The van der Waals surface area contributed by atoms with Crippen molar-refractivity contribution in [2.75, 3.05) is 13.7 Å². The second kappa shape index (κ2) is 10.4. The molecule has 3 heteroatoms. The maximum absolute atomic E-state index is 10.7. The van der Waals surface area contributed by atoms with Crippen molar-refractivity contribution in [3.8, 4) is 0 Å². The molecule has 0 bridgehead atoms. The van der Waals surface area contributed by atoms with Gasteiger partial charge in [-0.3, -0.25) is 4.79 Å². The van der Waals surface area contributed by atoms with Crippen LogP contribution in [0.5, 0.6) is 0 Å². The lowest BCUT2D eigenvalue weighted by Crippen LogP contribution is -2.30. The molecule has 3 nitrogen and oxygen atoms in total. The molecule has 0 aromatic rings. The van der Waals surface area contributed by atoms with Crippen molar-refractivity contribution in [1.29, 1.82) is 0 Å². The van der Waals surface area contributed by atoms with Gasteiger partial charge in [-0.1, -0.05) is 20.8 Å². The molecule has 0 fully saturated rings. The number of carbonyl (C=O) groups excluding carboxylic acids is 1. The van der Waals surface area contributed by atoms with Crippen LogP contribution < -0.4 is 5.32 Å². The lowest BCUT2D eigenvalue weighted by Gasteiger charge is -2.09. The summed E-state index contributed by atoms with van der Waals surface area (Å²) >= 11 is 0. The van der Waals surface area contributed by atoms with E-state index in [0.717, 1.165) is 0 Å². The van der Waals surface area contributed by atoms with Crippen LogP contribution in [0.15, 0.2) is 0 Å². The van der Waals surface area contributed by atoms with Crippen LogP contribution in [0.4, 0.5) is 0 Å². The van der Waals surface area contributed by atoms with Crippen molar-refractivity contribution in [2.45, 2.75) is 40.2 Å². The molecule has 0 saturated heterocycles. The molecule has 0 spiro atoms. The molecule has 0 aromatic heterocycles. The van der Waals surface area contributed by atoms with Gasteiger partial charge in [-0.25, -0.2) is 0 Å². The van der Waals surface area contributed by atoms with E-state index in [1.165, 1.54) is 0 Å². The maximum atomic E-state index is 10.7. The highest BCUT2D eigenvalue weighted by molar-refractivity contribution is 5.75. The zero-order valence-electron chi connectivity index (χ0n) is 8.81. The van der Waals surface area contributed by atoms with Crippen LogP contribution in [0.2, 0.25) is 0 Å². The zero-order valence-corrected chi connectivity index (χ0v) is 8.81. The summed E-state index contributed by atoms with van der Waals surface area (Å²) < 4.78 is 4.93. The second-order valence-corrected chi connectivity index (χ2v) is 2.20. The van der Waals surface area contributed by atoms with Crippen molar-refractivity contribution in [3.05, 3.63) is 0 Å². The molecule has 12 heavy (non-hydrogen) atoms. The maximum Gasteiger partial charge on any atom is 0.219 e. The van der Waals surface area contributed by atoms with Crippen LogP contribution in [0.25, 0.3) is 0 Å². The molecule has 0 aliphatic carbocycles. The van der Waals surface area contributed by atoms with Gasteiger partial charge >= 0.3 is 0 Å². The molecule has 0 aliphatic rings. The number of amides is 1. The highest BCUT2D eigenvalue weighted by Crippen LogP contribution is 1.84. The van der Waals surface area contributed by atoms with Gasteiger partial charge in [-0.05, 0) is 6.92 Å². The molecule has 0 heterocycles. The summed E-state index contributed by atoms with van der Waals surface area (Å²) in [7, 11) is 1.63. The molecule has 0 saturated carbocycles. The number of hydrogen-bond acceptors (Lipinski definition) is 2. The fourth-order valence-corrected chi connectivity index (χ4v) is 0.466. The number of ether oxygens (including phenoxy) is 1. The molecule has 1 unspecified atom stereocenters. The molecule has 1 N–H and O–H groups in total. The van der Waals surface area contributed by atoms with Crippen LogP contribution in [0, 0.1) is 0 Å². The van der Waals surface area contributed by atoms with Gasteiger partial charge in [0.15, 0.2) is 0 Å². The van der Waals surface area contributed by atoms with E-state index in [9.17, 15) is 4.79 Å². The Bertz CT molecular complexity index is 105. The lowest BCUT2D eigenvalue weighted by atomic mass is 10.4. The Labute approximate surface area is 75.5 Å². The Balaban J connectivity index is 0. The largest absolute Gasteiger partial charge is 0.380 e. The van der Waals surface area contributed by atoms with Crippen molar-refractivity contribution in [2.24, 2.45) is 0 Å². The number of methoxy groups -OCH3 is 1. The quantitative estimate of drug-likeness (QED) is 0.704. The van der Waals surface area contributed by atoms with Crippen molar-refractivity contribution in [1.82, 2.24) is 5.32 Å². The Morgan fingerprint density at radius 1 is 1.50 bits per heavy atom. The van der Waals surface area contributed by atoms with Gasteiger partial charge < -0.3 is 10.1 Å². The number of hydrogen-bond donors (Lipinski definition) is 1. The first-order valence-corrected chi connectivity index (χ1v) is 4.50. The molecule has 0 rings (SSSR count). The minimum atomic E-state index is 0.0731. The minimum absolute atomic E-state index is 0.0731. The topological polar surface area (TPSA) is 38.3 Å². The minimum Gasteiger partial charge on any atom is -0.380 e. The summed E-state index contributed by atoms with van der Waals surface area (Å²) in [5.74, 6) is 0.0731. The van der Waals surface area contributed by atoms with Crippen LogP contribution >= 0.6 is 0 Å². The van der Waals surface area contributed by atoms with Crippen molar-refractivity contribution >= 4 is 5.91 Å². The third-order valence-corrected chi connectivity index (χ3v) is 1.31. The van der Waals surface area contributed by atoms with Crippen LogP contribution in [-0.2, 0) is 9.53 Å². The van der Waals surface area contributed by atoms with Gasteiger partial charge in [-0.2, -0.15) is 0 Å². The molecule has 1 atom stereocenters. The van der Waals surface area contributed by atoms with Crippen LogP contribution in [0.1, 0.15) is 34.1 Å². The molecule has 0 aromatic carbocycles. The molecule has 0 radical (unpaired) electrons. The number of nitrogens with one attached hydrogen (secondary N) is 1. The fourth-order valence-electron chi connectivity index (χ4n) is 0.466. The van der Waals surface area contributed by atoms with E-state index in [1.54, 1.807) is 7.11 Å². The highest BCUT2D eigenvalue weighted by atomic mass is 16.5. The Morgan fingerprint density at radius 3 is 2.33 bits per heavy atom. The van der Waals surface area contributed by atoms with Crippen LogP contribution in [-0.4, -0.2) is 25.7 Å². The first-order chi connectivity index (χ1) is 5.70. The summed E-state index contributed by atoms with van der Waals surface area (Å²) in [6, 6.07) is 0. The van der Waals surface area contributed by atoms with E-state index >= 15 is 0 Å². The monoisotopic (exact) mass is 175 g/mol. The summed E-state index contributed by atoms with van der Waals surface area (Å²) in [5.41, 5.74) is 0. The number of carbonyl (C=O) groups is 1. The average Bonchev–Trinajstić information content (AvgIpc) is 2.16. The van der Waals surface area contributed by atoms with Gasteiger partial charge in [0, 0.05) is 20.1 Å². The van der Waals surface area contributed by atoms with Crippen LogP contribution in [0.3, 0.4) is 0 Å². The van der Waals surface area contributed by atoms with Gasteiger partial charge in [0.05, 0.1) is 6.10 Å². The summed E-state index contributed by atoms with van der Waals surface area (Å²) in [4.78, 5) is 10.7. The standard InChI is InChI=1S/C7H15NO2.C2H6/c1-4-7(9)8-5-6(2)10-3;1-2/h6H,4-5H2,1-3H3,(H,8,9);1-2H3. The summed E-state index contributed by atoms with van der Waals surface area (Å²) in [5, 5.41) is 2.72. The predicted octanol–water partition coefficient (Wildman–Crippen LogP) is 1.57. The Hall–Kier alpha value is -0.570. The fraction of sp³-hybridized carbons (Fsp3) is 0.889. The number of rotatable bonds is 4. The van der Waals surface area contributed by atoms with E-state index in [1.807, 2.05) is 27.7 Å². The normalized spacial score (nSPS) is 11.1. The smallest absolute Gasteiger partial charge is 0.219 e. The third kappa shape index (κ3) is 9.43. The third-order valence-electron chi connectivity index (χ3n) is 1.31. The van der Waals surface area contributed by atoms with E-state index < -0.39 is 0 Å². The first kappa shape index (κ1) is 14.0. The van der Waals surface area contributed by atoms with E-state index in [4.69, 9.17) is 4.74 Å². The highest BCUT2D eigenvalue weighted by Gasteiger charge is 2.00. The van der Waals surface area contributed by atoms with Gasteiger partial charge in [-0.15, -0.1) is 0 Å². The molecule has 0 aliphatic heterocycles. The SMILES string of the molecule is CC.CCC(=O)NCC(C)OC. The molecule has 1 amide bonds. The van der Waals surface area contributed by atoms with E-state index in [2.05, 4.69) is 5.32 Å². The van der Waals surface area contributed by atoms with Crippen molar-refractivity contribution in [3.63, 3.8) is 0 Å². The second-order valence-electron chi connectivity index (χ2n) is 2.20. The zero-order chi connectivity index (χ0) is 9.98. The first-order valence-electron chi connectivity index (χ1n) is 4.50. The Morgan fingerprint density at radius 2 is 2.00 bits per heavy atom. The summed E-state index contributed by atoms with van der Waals surface area (Å²) in [6.45, 7) is 8.34. The van der Waals surface area contributed by atoms with Gasteiger partial charge in [0.1, 0.15) is 0 Å². The molecular weight excluding hydrogens is 154 g/mol.